The number of hydrogen-bond donors (Lipinski definition) is 3. The van der Waals surface area contributed by atoms with Crippen molar-refractivity contribution in [2.24, 2.45) is 4.99 Å². The first-order chi connectivity index (χ1) is 16.2. The molecule has 0 bridgehead atoms. The van der Waals surface area contributed by atoms with E-state index in [1.807, 2.05) is 25.2 Å². The van der Waals surface area contributed by atoms with Gasteiger partial charge in [0.1, 0.15) is 5.82 Å². The summed E-state index contributed by atoms with van der Waals surface area (Å²) in [5, 5.41) is 21.2. The normalized spacial score (nSPS) is 15.1. The highest BCUT2D eigenvalue weighted by Gasteiger charge is 2.23. The van der Waals surface area contributed by atoms with Crippen molar-refractivity contribution in [3.8, 4) is 22.5 Å². The number of nitrogens with zero attached hydrogens (tertiary/aromatic N) is 5. The van der Waals surface area contributed by atoms with Gasteiger partial charge >= 0.3 is 0 Å². The molecule has 0 radical (unpaired) electrons. The van der Waals surface area contributed by atoms with E-state index < -0.39 is 0 Å². The Kier molecular flexibility index (Phi) is 5.75. The van der Waals surface area contributed by atoms with E-state index in [4.69, 9.17) is 4.99 Å². The van der Waals surface area contributed by atoms with Crippen molar-refractivity contribution in [2.45, 2.75) is 39.5 Å². The molecule has 2 aromatic heterocycles. The van der Waals surface area contributed by atoms with Crippen LogP contribution in [0.1, 0.15) is 37.1 Å². The molecule has 0 aliphatic carbocycles. The van der Waals surface area contributed by atoms with Crippen molar-refractivity contribution < 1.29 is 0 Å². The number of fused-ring (bicyclic) bond motifs is 1. The zero-order valence-corrected chi connectivity index (χ0v) is 19.1. The summed E-state index contributed by atoms with van der Waals surface area (Å²) in [4.78, 5) is 4.70. The van der Waals surface area contributed by atoms with Crippen LogP contribution in [0, 0.1) is 0 Å². The lowest BCUT2D eigenvalue weighted by atomic mass is 9.98. The van der Waals surface area contributed by atoms with E-state index in [1.54, 1.807) is 0 Å². The van der Waals surface area contributed by atoms with Gasteiger partial charge in [-0.25, -0.2) is 10.1 Å². The lowest BCUT2D eigenvalue weighted by molar-refractivity contribution is 0.632. The SMILES string of the molecule is CCCc1cc2c(n1Cc1ccc(-c3ccccc3-c3nnn[nH]3)cc1)NC(NC)N=C2C. The molecule has 5 rings (SSSR count). The molecule has 1 unspecified atom stereocenters. The molecule has 2 aromatic carbocycles. The minimum Gasteiger partial charge on any atom is -0.337 e. The summed E-state index contributed by atoms with van der Waals surface area (Å²) in [5.41, 5.74) is 8.04. The van der Waals surface area contributed by atoms with Gasteiger partial charge in [0.05, 0.1) is 0 Å². The Hall–Kier alpha value is -3.78. The number of H-pyrrole nitrogens is 1. The number of tetrazole rings is 1. The molecular weight excluding hydrogens is 412 g/mol. The van der Waals surface area contributed by atoms with Gasteiger partial charge in [0.2, 0.25) is 0 Å². The predicted octanol–water partition coefficient (Wildman–Crippen LogP) is 4.07. The zero-order valence-electron chi connectivity index (χ0n) is 19.1. The largest absolute Gasteiger partial charge is 0.337 e. The van der Waals surface area contributed by atoms with Gasteiger partial charge in [0.15, 0.2) is 12.1 Å². The fourth-order valence-electron chi connectivity index (χ4n) is 4.43. The first-order valence-electron chi connectivity index (χ1n) is 11.3. The molecule has 1 atom stereocenters. The van der Waals surface area contributed by atoms with Crippen LogP contribution in [0.2, 0.25) is 0 Å². The van der Waals surface area contributed by atoms with Crippen LogP contribution in [0.4, 0.5) is 5.82 Å². The molecule has 0 saturated carbocycles. The predicted molar refractivity (Wildman–Crippen MR) is 131 cm³/mol. The summed E-state index contributed by atoms with van der Waals surface area (Å²) in [6, 6.07) is 19.2. The maximum absolute atomic E-state index is 4.70. The van der Waals surface area contributed by atoms with Crippen LogP contribution in [0.15, 0.2) is 59.6 Å². The monoisotopic (exact) mass is 440 g/mol. The van der Waals surface area contributed by atoms with E-state index in [-0.39, 0.29) is 6.29 Å². The van der Waals surface area contributed by atoms with Gasteiger partial charge in [-0.3, -0.25) is 5.32 Å². The molecule has 168 valence electrons. The smallest absolute Gasteiger partial charge is 0.180 e. The lowest BCUT2D eigenvalue weighted by Crippen LogP contribution is -2.36. The molecule has 8 nitrogen and oxygen atoms in total. The summed E-state index contributed by atoms with van der Waals surface area (Å²) in [7, 11) is 1.92. The van der Waals surface area contributed by atoms with Gasteiger partial charge in [-0.1, -0.05) is 61.9 Å². The van der Waals surface area contributed by atoms with Crippen LogP contribution < -0.4 is 10.6 Å². The molecule has 1 aliphatic rings. The molecule has 0 spiro atoms. The molecule has 33 heavy (non-hydrogen) atoms. The van der Waals surface area contributed by atoms with E-state index in [0.717, 1.165) is 47.6 Å². The molecule has 3 N–H and O–H groups in total. The summed E-state index contributed by atoms with van der Waals surface area (Å²) in [6.45, 7) is 5.10. The topological polar surface area (TPSA) is 95.8 Å². The Bertz CT molecular complexity index is 1270. The number of benzene rings is 2. The van der Waals surface area contributed by atoms with Gasteiger partial charge in [-0.15, -0.1) is 5.10 Å². The number of aliphatic imine (C=N–C) groups is 1. The third-order valence-electron chi connectivity index (χ3n) is 6.08. The first-order valence-corrected chi connectivity index (χ1v) is 11.3. The average molecular weight is 441 g/mol. The van der Waals surface area contributed by atoms with Crippen molar-refractivity contribution in [3.63, 3.8) is 0 Å². The maximum Gasteiger partial charge on any atom is 0.180 e. The number of aryl methyl sites for hydroxylation is 1. The third-order valence-corrected chi connectivity index (χ3v) is 6.08. The van der Waals surface area contributed by atoms with Gasteiger partial charge in [0.25, 0.3) is 0 Å². The molecular formula is C25H28N8. The van der Waals surface area contributed by atoms with Crippen molar-refractivity contribution in [3.05, 3.63) is 71.4 Å². The minimum atomic E-state index is -0.106. The standard InChI is InChI=1S/C25H28N8/c1-4-7-19-14-22-16(2)27-25(26-3)28-24(22)33(19)15-17-10-12-18(13-11-17)20-8-5-6-9-21(20)23-29-31-32-30-23/h5-6,8-14,25-26,28H,4,7,15H2,1-3H3,(H,29,30,31,32). The maximum atomic E-state index is 4.70. The Morgan fingerprint density at radius 1 is 1.03 bits per heavy atom. The second-order valence-electron chi connectivity index (χ2n) is 8.28. The molecule has 0 saturated heterocycles. The number of aromatic amines is 1. The third kappa shape index (κ3) is 4.05. The van der Waals surface area contributed by atoms with E-state index >= 15 is 0 Å². The molecule has 1 aliphatic heterocycles. The van der Waals surface area contributed by atoms with Crippen LogP contribution in [0.3, 0.4) is 0 Å². The van der Waals surface area contributed by atoms with E-state index in [1.165, 1.54) is 16.8 Å². The van der Waals surface area contributed by atoms with Crippen molar-refractivity contribution in [1.82, 2.24) is 30.5 Å². The van der Waals surface area contributed by atoms with Crippen LogP contribution in [-0.2, 0) is 13.0 Å². The van der Waals surface area contributed by atoms with Crippen LogP contribution >= 0.6 is 0 Å². The Morgan fingerprint density at radius 2 is 1.82 bits per heavy atom. The highest BCUT2D eigenvalue weighted by molar-refractivity contribution is 6.04. The highest BCUT2D eigenvalue weighted by Crippen LogP contribution is 2.31. The molecule has 8 heteroatoms. The molecule has 0 fully saturated rings. The van der Waals surface area contributed by atoms with Crippen LogP contribution in [-0.4, -0.2) is 44.2 Å². The number of rotatable bonds is 7. The van der Waals surface area contributed by atoms with Crippen molar-refractivity contribution in [2.75, 3.05) is 12.4 Å². The Balaban J connectivity index is 1.46. The van der Waals surface area contributed by atoms with Gasteiger partial charge in [0, 0.05) is 29.1 Å². The quantitative estimate of drug-likeness (QED) is 0.403. The fourth-order valence-corrected chi connectivity index (χ4v) is 4.43. The summed E-state index contributed by atoms with van der Waals surface area (Å²) < 4.78 is 2.39. The highest BCUT2D eigenvalue weighted by atomic mass is 15.5. The fraction of sp³-hybridized carbons (Fsp3) is 0.280. The van der Waals surface area contributed by atoms with Crippen molar-refractivity contribution in [1.29, 1.82) is 0 Å². The summed E-state index contributed by atoms with van der Waals surface area (Å²) in [5.74, 6) is 1.80. The Labute approximate surface area is 193 Å². The molecule has 0 amide bonds. The average Bonchev–Trinajstić information content (AvgIpc) is 3.49. The summed E-state index contributed by atoms with van der Waals surface area (Å²) in [6.07, 6.45) is 2.02. The summed E-state index contributed by atoms with van der Waals surface area (Å²) >= 11 is 0. The van der Waals surface area contributed by atoms with Crippen LogP contribution in [0.5, 0.6) is 0 Å². The van der Waals surface area contributed by atoms with Crippen LogP contribution in [0.25, 0.3) is 22.5 Å². The van der Waals surface area contributed by atoms with Gasteiger partial charge < -0.3 is 9.88 Å². The first kappa shape index (κ1) is 21.1. The Morgan fingerprint density at radius 3 is 2.52 bits per heavy atom. The second kappa shape index (κ2) is 8.99. The van der Waals surface area contributed by atoms with Gasteiger partial charge in [-0.2, -0.15) is 0 Å². The van der Waals surface area contributed by atoms with E-state index in [0.29, 0.717) is 5.82 Å². The van der Waals surface area contributed by atoms with Gasteiger partial charge in [-0.05, 0) is 53.6 Å². The number of nitrogens with one attached hydrogen (secondary N) is 3. The minimum absolute atomic E-state index is 0.106. The number of hydrogen-bond acceptors (Lipinski definition) is 6. The van der Waals surface area contributed by atoms with Crippen molar-refractivity contribution >= 4 is 11.5 Å². The molecule has 3 heterocycles. The molecule has 4 aromatic rings. The number of aromatic nitrogens is 5. The van der Waals surface area contributed by atoms with E-state index in [9.17, 15) is 0 Å². The second-order valence-corrected chi connectivity index (χ2v) is 8.28. The number of anilines is 1. The zero-order chi connectivity index (χ0) is 22.8. The lowest BCUT2D eigenvalue weighted by Gasteiger charge is -2.24. The van der Waals surface area contributed by atoms with E-state index in [2.05, 4.69) is 86.1 Å².